The minimum Gasteiger partial charge on any atom is -0.352 e. The first kappa shape index (κ1) is 19.6. The highest BCUT2D eigenvalue weighted by Crippen LogP contribution is 2.35. The molecule has 3 amide bonds. The number of nitrogens with one attached hydrogen (secondary N) is 3. The Morgan fingerprint density at radius 2 is 1.62 bits per heavy atom. The summed E-state index contributed by atoms with van der Waals surface area (Å²) >= 11 is 0. The van der Waals surface area contributed by atoms with Crippen LogP contribution in [0.1, 0.15) is 19.8 Å². The Hall–Kier alpha value is -1.41. The molecular weight excluding hydrogens is 301 g/mol. The van der Waals surface area contributed by atoms with Crippen LogP contribution in [0, 0.1) is 0 Å². The molecule has 9 nitrogen and oxygen atoms in total. The highest BCUT2D eigenvalue weighted by molar-refractivity contribution is 7.46. The van der Waals surface area contributed by atoms with Crippen molar-refractivity contribution in [3.63, 3.8) is 0 Å². The first-order valence-corrected chi connectivity index (χ1v) is 7.91. The SMILES string of the molecule is C=C(C)C(=O)NCCCNC(=O)NCCCOP(=O)(O)O. The van der Waals surface area contributed by atoms with Gasteiger partial charge < -0.3 is 25.7 Å². The first-order valence-electron chi connectivity index (χ1n) is 6.38. The van der Waals surface area contributed by atoms with Gasteiger partial charge in [0.1, 0.15) is 0 Å². The summed E-state index contributed by atoms with van der Waals surface area (Å²) in [6, 6.07) is -0.391. The Morgan fingerprint density at radius 1 is 1.10 bits per heavy atom. The number of carbonyl (C=O) groups is 2. The van der Waals surface area contributed by atoms with Gasteiger partial charge in [-0.25, -0.2) is 9.36 Å². The van der Waals surface area contributed by atoms with Gasteiger partial charge in [0.2, 0.25) is 5.91 Å². The molecule has 0 aliphatic heterocycles. The number of hydrogen-bond donors (Lipinski definition) is 5. The minimum absolute atomic E-state index is 0.141. The van der Waals surface area contributed by atoms with Gasteiger partial charge in [0.05, 0.1) is 6.61 Å². The summed E-state index contributed by atoms with van der Waals surface area (Å²) < 4.78 is 14.6. The summed E-state index contributed by atoms with van der Waals surface area (Å²) in [4.78, 5) is 39.3. The van der Waals surface area contributed by atoms with Crippen LogP contribution in [-0.2, 0) is 13.9 Å². The Balaban J connectivity index is 3.45. The van der Waals surface area contributed by atoms with E-state index < -0.39 is 13.9 Å². The van der Waals surface area contributed by atoms with Crippen molar-refractivity contribution in [1.29, 1.82) is 0 Å². The molecule has 0 aliphatic rings. The normalized spacial score (nSPS) is 10.8. The molecule has 122 valence electrons. The lowest BCUT2D eigenvalue weighted by molar-refractivity contribution is -0.117. The van der Waals surface area contributed by atoms with Crippen molar-refractivity contribution in [2.24, 2.45) is 0 Å². The third-order valence-electron chi connectivity index (χ3n) is 2.18. The minimum atomic E-state index is -4.44. The van der Waals surface area contributed by atoms with Gasteiger partial charge in [-0.05, 0) is 19.8 Å². The van der Waals surface area contributed by atoms with E-state index in [-0.39, 0.29) is 25.5 Å². The van der Waals surface area contributed by atoms with Crippen LogP contribution in [-0.4, -0.2) is 48.0 Å². The molecule has 0 rings (SSSR count). The molecule has 0 saturated carbocycles. The van der Waals surface area contributed by atoms with Crippen LogP contribution in [0.3, 0.4) is 0 Å². The van der Waals surface area contributed by atoms with E-state index in [1.165, 1.54) is 0 Å². The second kappa shape index (κ2) is 10.3. The van der Waals surface area contributed by atoms with Crippen LogP contribution in [0.2, 0.25) is 0 Å². The van der Waals surface area contributed by atoms with Crippen molar-refractivity contribution in [2.45, 2.75) is 19.8 Å². The lowest BCUT2D eigenvalue weighted by atomic mass is 10.3. The molecule has 0 fully saturated rings. The van der Waals surface area contributed by atoms with Crippen molar-refractivity contribution in [2.75, 3.05) is 26.2 Å². The molecule has 0 aliphatic carbocycles. The summed E-state index contributed by atoms with van der Waals surface area (Å²) in [6.07, 6.45) is 0.862. The van der Waals surface area contributed by atoms with Crippen LogP contribution in [0.15, 0.2) is 12.2 Å². The lowest BCUT2D eigenvalue weighted by Crippen LogP contribution is -2.37. The van der Waals surface area contributed by atoms with E-state index in [0.29, 0.717) is 25.1 Å². The van der Waals surface area contributed by atoms with Gasteiger partial charge in [-0.3, -0.25) is 9.32 Å². The number of phosphoric acid groups is 1. The Bertz CT molecular complexity index is 409. The second-order valence-electron chi connectivity index (χ2n) is 4.25. The first-order chi connectivity index (χ1) is 9.72. The molecule has 0 spiro atoms. The number of phosphoric ester groups is 1. The average molecular weight is 323 g/mol. The molecule has 0 atom stereocenters. The predicted octanol–water partition coefficient (Wildman–Crippen LogP) is -0.133. The summed E-state index contributed by atoms with van der Waals surface area (Å²) in [7, 11) is -4.44. The molecule has 0 aromatic rings. The Labute approximate surface area is 123 Å². The Morgan fingerprint density at radius 3 is 2.14 bits per heavy atom. The van der Waals surface area contributed by atoms with E-state index >= 15 is 0 Å². The maximum Gasteiger partial charge on any atom is 0.469 e. The van der Waals surface area contributed by atoms with Gasteiger partial charge in [0.15, 0.2) is 0 Å². The van der Waals surface area contributed by atoms with Gasteiger partial charge >= 0.3 is 13.9 Å². The van der Waals surface area contributed by atoms with Crippen LogP contribution >= 0.6 is 7.82 Å². The van der Waals surface area contributed by atoms with Crippen LogP contribution in [0.5, 0.6) is 0 Å². The average Bonchev–Trinajstić information content (AvgIpc) is 2.36. The van der Waals surface area contributed by atoms with Gasteiger partial charge in [0.25, 0.3) is 0 Å². The topological polar surface area (TPSA) is 137 Å². The molecule has 0 unspecified atom stereocenters. The standard InChI is InChI=1S/C11H22N3O6P/c1-9(2)10(15)12-5-3-6-13-11(16)14-7-4-8-20-21(17,18)19/h1,3-8H2,2H3,(H,12,15)(H2,13,14,16)(H2,17,18,19). The summed E-state index contributed by atoms with van der Waals surface area (Å²) in [5.41, 5.74) is 0.429. The number of carbonyl (C=O) groups excluding carboxylic acids is 2. The maximum absolute atomic E-state index is 11.3. The second-order valence-corrected chi connectivity index (χ2v) is 5.49. The van der Waals surface area contributed by atoms with E-state index in [1.807, 2.05) is 0 Å². The van der Waals surface area contributed by atoms with Crippen LogP contribution < -0.4 is 16.0 Å². The van der Waals surface area contributed by atoms with E-state index in [2.05, 4.69) is 27.1 Å². The fourth-order valence-corrected chi connectivity index (χ4v) is 1.53. The maximum atomic E-state index is 11.3. The number of urea groups is 1. The molecule has 0 radical (unpaired) electrons. The van der Waals surface area contributed by atoms with E-state index in [4.69, 9.17) is 9.79 Å². The molecule has 5 N–H and O–H groups in total. The smallest absolute Gasteiger partial charge is 0.352 e. The van der Waals surface area contributed by atoms with Crippen LogP contribution in [0.25, 0.3) is 0 Å². The van der Waals surface area contributed by atoms with Crippen molar-refractivity contribution >= 4 is 19.8 Å². The third-order valence-corrected chi connectivity index (χ3v) is 2.70. The van der Waals surface area contributed by atoms with Gasteiger partial charge in [-0.1, -0.05) is 6.58 Å². The van der Waals surface area contributed by atoms with E-state index in [1.54, 1.807) is 6.92 Å². The highest BCUT2D eigenvalue weighted by atomic mass is 31.2. The molecule has 0 saturated heterocycles. The van der Waals surface area contributed by atoms with E-state index in [0.717, 1.165) is 0 Å². The molecule has 0 aromatic heterocycles. The molecule has 0 aromatic carbocycles. The fourth-order valence-electron chi connectivity index (χ4n) is 1.16. The highest BCUT2D eigenvalue weighted by Gasteiger charge is 2.12. The van der Waals surface area contributed by atoms with Gasteiger partial charge in [-0.2, -0.15) is 0 Å². The molecule has 21 heavy (non-hydrogen) atoms. The van der Waals surface area contributed by atoms with Crippen molar-refractivity contribution in [3.05, 3.63) is 12.2 Å². The number of hydrogen-bond acceptors (Lipinski definition) is 4. The molecule has 10 heteroatoms. The number of amides is 3. The third kappa shape index (κ3) is 13.3. The predicted molar refractivity (Wildman–Crippen MR) is 76.5 cm³/mol. The zero-order chi connectivity index (χ0) is 16.3. The summed E-state index contributed by atoms with van der Waals surface area (Å²) in [5, 5.41) is 7.71. The largest absolute Gasteiger partial charge is 0.469 e. The monoisotopic (exact) mass is 323 g/mol. The Kier molecular flexibility index (Phi) is 9.64. The summed E-state index contributed by atoms with van der Waals surface area (Å²) in [6.45, 7) is 6.02. The van der Waals surface area contributed by atoms with Gasteiger partial charge in [-0.15, -0.1) is 0 Å². The van der Waals surface area contributed by atoms with Gasteiger partial charge in [0, 0.05) is 25.2 Å². The molecular formula is C11H22N3O6P. The number of rotatable bonds is 10. The van der Waals surface area contributed by atoms with Crippen molar-refractivity contribution < 1.29 is 28.5 Å². The van der Waals surface area contributed by atoms with Crippen molar-refractivity contribution in [1.82, 2.24) is 16.0 Å². The zero-order valence-corrected chi connectivity index (χ0v) is 12.8. The fraction of sp³-hybridized carbons (Fsp3) is 0.636. The summed E-state index contributed by atoms with van der Waals surface area (Å²) in [5.74, 6) is -0.218. The van der Waals surface area contributed by atoms with Crippen LogP contribution in [0.4, 0.5) is 4.79 Å². The quantitative estimate of drug-likeness (QED) is 0.216. The molecule has 0 heterocycles. The van der Waals surface area contributed by atoms with E-state index in [9.17, 15) is 14.2 Å². The zero-order valence-electron chi connectivity index (χ0n) is 11.9. The lowest BCUT2D eigenvalue weighted by Gasteiger charge is -2.09. The van der Waals surface area contributed by atoms with Crippen molar-refractivity contribution in [3.8, 4) is 0 Å². The molecule has 0 bridgehead atoms.